The second kappa shape index (κ2) is 8.24. The molecule has 0 spiro atoms. The van der Waals surface area contributed by atoms with E-state index in [0.717, 1.165) is 10.0 Å². The summed E-state index contributed by atoms with van der Waals surface area (Å²) in [5.74, 6) is 0.641. The third-order valence-corrected chi connectivity index (χ3v) is 7.57. The molecule has 1 aliphatic heterocycles. The number of aliphatic hydroxyl groups excluding tert-OH is 2. The zero-order chi connectivity index (χ0) is 19.0. The standard InChI is InChI=1S/C18H17Br3O5/c1-8-11(6-13(26-8)18-17(24)12(22)7-25-18)16(23)15(21)14(20)9-2-4-10(19)5-3-9/h2-6,12,14-15,17-18,22,24H,7H2,1H3/t12-,14?,15?,17-,18?/m1/s1. The summed E-state index contributed by atoms with van der Waals surface area (Å²) in [6.45, 7) is 1.72. The number of furan rings is 1. The number of hydrogen-bond donors (Lipinski definition) is 2. The highest BCUT2D eigenvalue weighted by molar-refractivity contribution is 9.12. The van der Waals surface area contributed by atoms with Crippen LogP contribution >= 0.6 is 47.8 Å². The maximum absolute atomic E-state index is 12.9. The maximum Gasteiger partial charge on any atom is 0.181 e. The fourth-order valence-electron chi connectivity index (χ4n) is 2.84. The Balaban J connectivity index is 1.80. The normalized spacial score (nSPS) is 25.2. The molecule has 140 valence electrons. The second-order valence-electron chi connectivity index (χ2n) is 6.15. The van der Waals surface area contributed by atoms with E-state index in [4.69, 9.17) is 9.15 Å². The van der Waals surface area contributed by atoms with Gasteiger partial charge in [-0.15, -0.1) is 0 Å². The van der Waals surface area contributed by atoms with Gasteiger partial charge < -0.3 is 19.4 Å². The molecule has 0 amide bonds. The van der Waals surface area contributed by atoms with Crippen molar-refractivity contribution in [1.29, 1.82) is 0 Å². The van der Waals surface area contributed by atoms with Gasteiger partial charge in [0, 0.05) is 4.47 Å². The zero-order valence-electron chi connectivity index (χ0n) is 13.7. The van der Waals surface area contributed by atoms with Crippen molar-refractivity contribution in [2.45, 2.75) is 34.9 Å². The lowest BCUT2D eigenvalue weighted by molar-refractivity contribution is 0.0117. The number of carbonyl (C=O) groups excluding carboxylic acids is 1. The molecular formula is C18H17Br3O5. The first kappa shape index (κ1) is 20.2. The molecule has 0 saturated carbocycles. The number of benzene rings is 1. The molecule has 26 heavy (non-hydrogen) atoms. The van der Waals surface area contributed by atoms with Crippen LogP contribution in [0.3, 0.4) is 0 Å². The molecule has 8 heteroatoms. The molecule has 0 aliphatic carbocycles. The quantitative estimate of drug-likeness (QED) is 0.429. The van der Waals surface area contributed by atoms with Gasteiger partial charge in [-0.2, -0.15) is 0 Å². The Hall–Kier alpha value is -0.510. The van der Waals surface area contributed by atoms with Gasteiger partial charge in [0.1, 0.15) is 29.8 Å². The van der Waals surface area contributed by atoms with Crippen molar-refractivity contribution in [3.63, 3.8) is 0 Å². The van der Waals surface area contributed by atoms with Crippen LogP contribution in [0, 0.1) is 6.92 Å². The Bertz CT molecular complexity index is 789. The summed E-state index contributed by atoms with van der Waals surface area (Å²) >= 11 is 10.5. The SMILES string of the molecule is Cc1oc(C2OC[C@@H](O)[C@H]2O)cc1C(=O)C(Br)C(Br)c1ccc(Br)cc1. The minimum atomic E-state index is -1.07. The van der Waals surface area contributed by atoms with Gasteiger partial charge in [-0.3, -0.25) is 4.79 Å². The Labute approximate surface area is 176 Å². The van der Waals surface area contributed by atoms with E-state index in [0.29, 0.717) is 17.1 Å². The topological polar surface area (TPSA) is 79.9 Å². The van der Waals surface area contributed by atoms with E-state index >= 15 is 0 Å². The molecule has 5 atom stereocenters. The molecule has 1 saturated heterocycles. The van der Waals surface area contributed by atoms with Crippen LogP contribution in [-0.2, 0) is 4.74 Å². The van der Waals surface area contributed by atoms with Crippen LogP contribution in [0.4, 0.5) is 0 Å². The summed E-state index contributed by atoms with van der Waals surface area (Å²) in [7, 11) is 0. The maximum atomic E-state index is 12.9. The lowest BCUT2D eigenvalue weighted by Crippen LogP contribution is -2.24. The fourth-order valence-corrected chi connectivity index (χ4v) is 4.20. The summed E-state index contributed by atoms with van der Waals surface area (Å²) in [5, 5.41) is 19.6. The van der Waals surface area contributed by atoms with Crippen LogP contribution in [0.5, 0.6) is 0 Å². The highest BCUT2D eigenvalue weighted by Crippen LogP contribution is 2.37. The van der Waals surface area contributed by atoms with Gasteiger partial charge >= 0.3 is 0 Å². The average Bonchev–Trinajstić information content (AvgIpc) is 3.16. The molecule has 1 aromatic carbocycles. The Kier molecular flexibility index (Phi) is 6.41. The molecule has 0 bridgehead atoms. The molecule has 0 radical (unpaired) electrons. The molecular weight excluding hydrogens is 536 g/mol. The van der Waals surface area contributed by atoms with Crippen molar-refractivity contribution in [2.24, 2.45) is 0 Å². The number of aryl methyl sites for hydroxylation is 1. The van der Waals surface area contributed by atoms with Crippen molar-refractivity contribution in [2.75, 3.05) is 6.61 Å². The first-order valence-electron chi connectivity index (χ1n) is 7.95. The fraction of sp³-hybridized carbons (Fsp3) is 0.389. The molecule has 2 heterocycles. The number of hydrogen-bond acceptors (Lipinski definition) is 5. The highest BCUT2D eigenvalue weighted by Gasteiger charge is 2.39. The lowest BCUT2D eigenvalue weighted by Gasteiger charge is -2.16. The molecule has 3 rings (SSSR count). The van der Waals surface area contributed by atoms with Gasteiger partial charge in [-0.05, 0) is 30.7 Å². The average molecular weight is 553 g/mol. The largest absolute Gasteiger partial charge is 0.463 e. The van der Waals surface area contributed by atoms with Crippen LogP contribution in [-0.4, -0.2) is 39.6 Å². The smallest absolute Gasteiger partial charge is 0.181 e. The molecule has 2 aromatic rings. The van der Waals surface area contributed by atoms with Gasteiger partial charge in [0.15, 0.2) is 5.78 Å². The third kappa shape index (κ3) is 4.00. The van der Waals surface area contributed by atoms with Crippen molar-refractivity contribution >= 4 is 53.6 Å². The summed E-state index contributed by atoms with van der Waals surface area (Å²) in [6, 6.07) is 9.28. The van der Waals surface area contributed by atoms with Crippen molar-refractivity contribution in [3.05, 3.63) is 57.5 Å². The van der Waals surface area contributed by atoms with Gasteiger partial charge in [0.2, 0.25) is 0 Å². The van der Waals surface area contributed by atoms with E-state index in [9.17, 15) is 15.0 Å². The first-order valence-corrected chi connectivity index (χ1v) is 10.6. The van der Waals surface area contributed by atoms with Gasteiger partial charge in [0.05, 0.1) is 21.8 Å². The monoisotopic (exact) mass is 550 g/mol. The number of halogens is 3. The van der Waals surface area contributed by atoms with E-state index in [1.165, 1.54) is 0 Å². The number of aliphatic hydroxyl groups is 2. The van der Waals surface area contributed by atoms with Crippen LogP contribution < -0.4 is 0 Å². The number of rotatable bonds is 5. The van der Waals surface area contributed by atoms with E-state index in [-0.39, 0.29) is 17.2 Å². The lowest BCUT2D eigenvalue weighted by atomic mass is 10.0. The van der Waals surface area contributed by atoms with Crippen LogP contribution in [0.25, 0.3) is 0 Å². The Morgan fingerprint density at radius 2 is 1.88 bits per heavy atom. The molecule has 3 unspecified atom stereocenters. The third-order valence-electron chi connectivity index (χ3n) is 4.33. The first-order chi connectivity index (χ1) is 12.3. The highest BCUT2D eigenvalue weighted by atomic mass is 79.9. The van der Waals surface area contributed by atoms with Gasteiger partial charge in [0.25, 0.3) is 0 Å². The van der Waals surface area contributed by atoms with Gasteiger partial charge in [-0.1, -0.05) is 59.9 Å². The second-order valence-corrected chi connectivity index (χ2v) is 9.04. The predicted molar refractivity (Wildman–Crippen MR) is 107 cm³/mol. The minimum Gasteiger partial charge on any atom is -0.463 e. The van der Waals surface area contributed by atoms with E-state index < -0.39 is 23.1 Å². The van der Waals surface area contributed by atoms with Crippen LogP contribution in [0.15, 0.2) is 39.2 Å². The summed E-state index contributed by atoms with van der Waals surface area (Å²) < 4.78 is 12.0. The molecule has 2 N–H and O–H groups in total. The Morgan fingerprint density at radius 1 is 1.23 bits per heavy atom. The van der Waals surface area contributed by atoms with E-state index in [1.54, 1.807) is 13.0 Å². The van der Waals surface area contributed by atoms with Gasteiger partial charge in [-0.25, -0.2) is 0 Å². The molecule has 1 fully saturated rings. The number of alkyl halides is 2. The molecule has 5 nitrogen and oxygen atoms in total. The Morgan fingerprint density at radius 3 is 2.46 bits per heavy atom. The van der Waals surface area contributed by atoms with Crippen molar-refractivity contribution < 1.29 is 24.2 Å². The number of ether oxygens (including phenoxy) is 1. The summed E-state index contributed by atoms with van der Waals surface area (Å²) in [5.41, 5.74) is 1.38. The predicted octanol–water partition coefficient (Wildman–Crippen LogP) is 4.23. The van der Waals surface area contributed by atoms with Crippen molar-refractivity contribution in [3.8, 4) is 0 Å². The van der Waals surface area contributed by atoms with E-state index in [1.807, 2.05) is 24.3 Å². The van der Waals surface area contributed by atoms with E-state index in [2.05, 4.69) is 47.8 Å². The molecule has 1 aliphatic rings. The van der Waals surface area contributed by atoms with Crippen molar-refractivity contribution in [1.82, 2.24) is 0 Å². The molecule has 1 aromatic heterocycles. The number of ketones is 1. The number of carbonyl (C=O) groups is 1. The van der Waals surface area contributed by atoms with Crippen LogP contribution in [0.2, 0.25) is 0 Å². The van der Waals surface area contributed by atoms with Crippen LogP contribution in [0.1, 0.15) is 38.4 Å². The zero-order valence-corrected chi connectivity index (χ0v) is 18.5. The summed E-state index contributed by atoms with van der Waals surface area (Å²) in [6.07, 6.45) is -2.81. The number of Topliss-reactive ketones (excluding diaryl/α,β-unsaturated/α-hetero) is 1. The summed E-state index contributed by atoms with van der Waals surface area (Å²) in [4.78, 5) is 12.2. The minimum absolute atomic E-state index is 0.0307.